The molecule has 0 heterocycles. The van der Waals surface area contributed by atoms with Crippen LogP contribution in [0.15, 0.2) is 12.7 Å². The molecule has 0 aromatic carbocycles. The summed E-state index contributed by atoms with van der Waals surface area (Å²) < 4.78 is 16.6. The third-order valence-corrected chi connectivity index (χ3v) is 5.01. The SMILES string of the molecule is C=CCCOC(=O)C(CSC(=S)NCCCCS(C)=O)NC(C)=O. The summed E-state index contributed by atoms with van der Waals surface area (Å²) in [6.07, 6.45) is 5.65. The molecule has 0 saturated carbocycles. The monoisotopic (exact) mass is 394 g/mol. The van der Waals surface area contributed by atoms with E-state index < -0.39 is 22.8 Å². The van der Waals surface area contributed by atoms with Gasteiger partial charge in [0.1, 0.15) is 10.4 Å². The summed E-state index contributed by atoms with van der Waals surface area (Å²) in [7, 11) is -0.768. The van der Waals surface area contributed by atoms with Gasteiger partial charge in [0.15, 0.2) is 0 Å². The van der Waals surface area contributed by atoms with Crippen molar-refractivity contribution in [3.8, 4) is 0 Å². The second kappa shape index (κ2) is 14.4. The molecule has 0 bridgehead atoms. The summed E-state index contributed by atoms with van der Waals surface area (Å²) in [6, 6.07) is -0.737. The normalized spacial score (nSPS) is 12.8. The number of esters is 1. The van der Waals surface area contributed by atoms with Gasteiger partial charge in [-0.15, -0.1) is 6.58 Å². The number of rotatable bonds is 12. The van der Waals surface area contributed by atoms with Gasteiger partial charge in [0, 0.05) is 42.0 Å². The molecule has 9 heteroatoms. The number of unbranched alkanes of at least 4 members (excludes halogenated alkanes) is 1. The molecule has 0 spiro atoms. The first-order valence-corrected chi connectivity index (χ1v) is 10.7. The molecule has 0 radical (unpaired) electrons. The minimum Gasteiger partial charge on any atom is -0.464 e. The number of carbonyl (C=O) groups excluding carboxylic acids is 2. The van der Waals surface area contributed by atoms with Crippen LogP contribution in [0.5, 0.6) is 0 Å². The van der Waals surface area contributed by atoms with Gasteiger partial charge in [-0.1, -0.05) is 30.1 Å². The number of hydrogen-bond donors (Lipinski definition) is 2. The highest BCUT2D eigenvalue weighted by Gasteiger charge is 2.21. The molecule has 2 atom stereocenters. The molecule has 24 heavy (non-hydrogen) atoms. The number of nitrogens with one attached hydrogen (secondary N) is 2. The van der Waals surface area contributed by atoms with E-state index in [2.05, 4.69) is 17.2 Å². The molecule has 138 valence electrons. The van der Waals surface area contributed by atoms with Crippen molar-refractivity contribution in [1.29, 1.82) is 0 Å². The molecule has 6 nitrogen and oxygen atoms in total. The first-order valence-electron chi connectivity index (χ1n) is 7.62. The largest absolute Gasteiger partial charge is 0.464 e. The Labute approximate surface area is 156 Å². The first kappa shape index (κ1) is 23.1. The van der Waals surface area contributed by atoms with Gasteiger partial charge in [-0.25, -0.2) is 4.79 Å². The number of ether oxygens (including phenoxy) is 1. The van der Waals surface area contributed by atoms with E-state index in [4.69, 9.17) is 17.0 Å². The van der Waals surface area contributed by atoms with Crippen molar-refractivity contribution in [3.05, 3.63) is 12.7 Å². The highest BCUT2D eigenvalue weighted by Crippen LogP contribution is 2.07. The highest BCUT2D eigenvalue weighted by atomic mass is 32.2. The maximum atomic E-state index is 12.0. The average molecular weight is 395 g/mol. The summed E-state index contributed by atoms with van der Waals surface area (Å²) in [5.41, 5.74) is 0. The van der Waals surface area contributed by atoms with Crippen molar-refractivity contribution in [2.45, 2.75) is 32.2 Å². The Morgan fingerprint density at radius 3 is 2.71 bits per heavy atom. The minimum absolute atomic E-state index is 0.241. The van der Waals surface area contributed by atoms with E-state index in [0.717, 1.165) is 12.8 Å². The van der Waals surface area contributed by atoms with Crippen LogP contribution in [0.2, 0.25) is 0 Å². The summed E-state index contributed by atoms with van der Waals surface area (Å²) in [6.45, 7) is 5.84. The maximum absolute atomic E-state index is 12.0. The van der Waals surface area contributed by atoms with Crippen LogP contribution in [0.25, 0.3) is 0 Å². The molecule has 0 aliphatic rings. The van der Waals surface area contributed by atoms with Gasteiger partial charge < -0.3 is 15.4 Å². The van der Waals surface area contributed by atoms with Crippen molar-refractivity contribution in [2.75, 3.05) is 30.9 Å². The van der Waals surface area contributed by atoms with Crippen LogP contribution in [0.1, 0.15) is 26.2 Å². The fourth-order valence-electron chi connectivity index (χ4n) is 1.59. The van der Waals surface area contributed by atoms with E-state index >= 15 is 0 Å². The first-order chi connectivity index (χ1) is 11.4. The number of thioether (sulfide) groups is 1. The second-order valence-electron chi connectivity index (χ2n) is 5.01. The van der Waals surface area contributed by atoms with Crippen molar-refractivity contribution in [1.82, 2.24) is 10.6 Å². The third kappa shape index (κ3) is 13.5. The van der Waals surface area contributed by atoms with Crippen LogP contribution in [-0.2, 0) is 25.1 Å². The van der Waals surface area contributed by atoms with Gasteiger partial charge >= 0.3 is 5.97 Å². The summed E-state index contributed by atoms with van der Waals surface area (Å²) in [4.78, 5) is 23.2. The number of amides is 1. The Kier molecular flexibility index (Phi) is 13.9. The standard InChI is InChI=1S/C15H26N2O4S3/c1-4-5-9-21-14(19)13(17-12(2)18)11-23-15(22)16-8-6-7-10-24(3)20/h4,13H,1,5-11H2,2-3H3,(H,16,22)(H,17,18). The number of carbonyl (C=O) groups is 2. The molecule has 0 aromatic rings. The maximum Gasteiger partial charge on any atom is 0.329 e. The number of hydrogen-bond acceptors (Lipinski definition) is 6. The predicted octanol–water partition coefficient (Wildman–Crippen LogP) is 1.38. The van der Waals surface area contributed by atoms with E-state index in [9.17, 15) is 13.8 Å². The van der Waals surface area contributed by atoms with Crippen LogP contribution < -0.4 is 10.6 Å². The lowest BCUT2D eigenvalue weighted by molar-refractivity contribution is -0.146. The van der Waals surface area contributed by atoms with Crippen molar-refractivity contribution >= 4 is 51.0 Å². The molecule has 2 N–H and O–H groups in total. The lowest BCUT2D eigenvalue weighted by atomic mass is 10.3. The smallest absolute Gasteiger partial charge is 0.329 e. The zero-order valence-corrected chi connectivity index (χ0v) is 16.6. The Bertz CT molecular complexity index is 458. The molecular formula is C15H26N2O4S3. The van der Waals surface area contributed by atoms with Crippen LogP contribution in [0, 0.1) is 0 Å². The lowest BCUT2D eigenvalue weighted by Gasteiger charge is -2.16. The van der Waals surface area contributed by atoms with Crippen LogP contribution in [0.4, 0.5) is 0 Å². The fourth-order valence-corrected chi connectivity index (χ4v) is 3.25. The zero-order chi connectivity index (χ0) is 18.4. The molecule has 0 aromatic heterocycles. The van der Waals surface area contributed by atoms with Crippen molar-refractivity contribution in [2.24, 2.45) is 0 Å². The molecule has 0 aliphatic heterocycles. The third-order valence-electron chi connectivity index (χ3n) is 2.74. The van der Waals surface area contributed by atoms with Gasteiger partial charge in [-0.05, 0) is 19.3 Å². The van der Waals surface area contributed by atoms with Crippen molar-refractivity contribution < 1.29 is 18.5 Å². The lowest BCUT2D eigenvalue weighted by Crippen LogP contribution is -2.43. The van der Waals surface area contributed by atoms with Crippen molar-refractivity contribution in [3.63, 3.8) is 0 Å². The molecule has 2 unspecified atom stereocenters. The van der Waals surface area contributed by atoms with Gasteiger partial charge in [0.25, 0.3) is 0 Å². The topological polar surface area (TPSA) is 84.5 Å². The fraction of sp³-hybridized carbons (Fsp3) is 0.667. The quantitative estimate of drug-likeness (QED) is 0.224. The van der Waals surface area contributed by atoms with Crippen LogP contribution in [0.3, 0.4) is 0 Å². The average Bonchev–Trinajstić information content (AvgIpc) is 2.50. The van der Waals surface area contributed by atoms with E-state index in [0.29, 0.717) is 28.8 Å². The number of thiocarbonyl (C=S) groups is 1. The Morgan fingerprint density at radius 1 is 1.42 bits per heavy atom. The molecular weight excluding hydrogens is 368 g/mol. The van der Waals surface area contributed by atoms with E-state index in [1.807, 2.05) is 0 Å². The molecule has 0 saturated heterocycles. The van der Waals surface area contributed by atoms with E-state index in [-0.39, 0.29) is 12.5 Å². The molecule has 1 amide bonds. The van der Waals surface area contributed by atoms with Gasteiger partial charge in [0.2, 0.25) is 5.91 Å². The Hall–Kier alpha value is -0.930. The zero-order valence-electron chi connectivity index (χ0n) is 14.2. The van der Waals surface area contributed by atoms with Crippen LogP contribution in [-0.4, -0.2) is 57.4 Å². The Morgan fingerprint density at radius 2 is 2.12 bits per heavy atom. The minimum atomic E-state index is -0.768. The van der Waals surface area contributed by atoms with Gasteiger partial charge in [-0.3, -0.25) is 9.00 Å². The van der Waals surface area contributed by atoms with E-state index in [1.165, 1.54) is 18.7 Å². The summed E-state index contributed by atoms with van der Waals surface area (Å²) in [5, 5.41) is 5.64. The van der Waals surface area contributed by atoms with E-state index in [1.54, 1.807) is 12.3 Å². The molecule has 0 fully saturated rings. The predicted molar refractivity (Wildman–Crippen MR) is 105 cm³/mol. The molecule has 0 rings (SSSR count). The van der Waals surface area contributed by atoms with Crippen LogP contribution >= 0.6 is 24.0 Å². The second-order valence-corrected chi connectivity index (χ2v) is 8.26. The Balaban J connectivity index is 4.12. The van der Waals surface area contributed by atoms with Gasteiger partial charge in [0.05, 0.1) is 6.61 Å². The molecule has 0 aliphatic carbocycles. The van der Waals surface area contributed by atoms with Gasteiger partial charge in [-0.2, -0.15) is 0 Å². The summed E-state index contributed by atoms with van der Waals surface area (Å²) in [5.74, 6) is 0.209. The summed E-state index contributed by atoms with van der Waals surface area (Å²) >= 11 is 6.48. The highest BCUT2D eigenvalue weighted by molar-refractivity contribution is 8.23.